The van der Waals surface area contributed by atoms with Crippen molar-refractivity contribution in [3.8, 4) is 6.07 Å². The summed E-state index contributed by atoms with van der Waals surface area (Å²) in [4.78, 5) is 13.6. The van der Waals surface area contributed by atoms with E-state index in [9.17, 15) is 4.79 Å². The van der Waals surface area contributed by atoms with Crippen molar-refractivity contribution in [2.75, 3.05) is 6.54 Å². The summed E-state index contributed by atoms with van der Waals surface area (Å²) in [6.45, 7) is 6.95. The lowest BCUT2D eigenvalue weighted by Gasteiger charge is -1.74. The molecule has 0 radical (unpaired) electrons. The topological polar surface area (TPSA) is 41.7 Å². The molecule has 0 aromatic heterocycles. The van der Waals surface area contributed by atoms with Gasteiger partial charge in [0.1, 0.15) is 0 Å². The fourth-order valence-electron chi connectivity index (χ4n) is 0.253. The molecule has 0 aromatic carbocycles. The molecule has 0 rings (SSSR count). The average Bonchev–Trinajstić information content (AvgIpc) is 1.88. The van der Waals surface area contributed by atoms with Gasteiger partial charge in [0.05, 0.1) is 0 Å². The minimum Gasteiger partial charge on any atom is -0.477 e. The highest BCUT2D eigenvalue weighted by Gasteiger charge is 2.04. The Morgan fingerprint density at radius 2 is 2.40 bits per heavy atom. The minimum atomic E-state index is -1.10. The van der Waals surface area contributed by atoms with Crippen LogP contribution in [-0.4, -0.2) is 17.6 Å². The lowest BCUT2D eigenvalue weighted by molar-refractivity contribution is -0.132. The van der Waals surface area contributed by atoms with Crippen LogP contribution in [0.15, 0.2) is 24.8 Å². The van der Waals surface area contributed by atoms with Gasteiger partial charge in [-0.2, -0.15) is 0 Å². The van der Waals surface area contributed by atoms with E-state index in [1.165, 1.54) is 0 Å². The Kier molecular flexibility index (Phi) is 3.66. The van der Waals surface area contributed by atoms with Crippen LogP contribution >= 0.6 is 0 Å². The first-order valence-corrected chi connectivity index (χ1v) is 2.64. The molecule has 0 unspecified atom stereocenters. The van der Waals surface area contributed by atoms with Crippen molar-refractivity contribution in [2.45, 2.75) is 0 Å². The summed E-state index contributed by atoms with van der Waals surface area (Å²) in [5.74, 6) is -1.10. The highest BCUT2D eigenvalue weighted by Crippen LogP contribution is 1.86. The molecule has 0 bridgehead atoms. The third kappa shape index (κ3) is 3.44. The molecule has 0 saturated heterocycles. The van der Waals surface area contributed by atoms with Gasteiger partial charge in [-0.25, -0.2) is 4.79 Å². The highest BCUT2D eigenvalue weighted by atomic mass is 16.4. The van der Waals surface area contributed by atoms with E-state index in [2.05, 4.69) is 24.1 Å². The molecular formula is C7H8NO2+. The minimum absolute atomic E-state index is 0.137. The second-order valence-corrected chi connectivity index (χ2v) is 1.52. The summed E-state index contributed by atoms with van der Waals surface area (Å²) in [6, 6.07) is 2.24. The van der Waals surface area contributed by atoms with Crippen molar-refractivity contribution in [3.63, 3.8) is 0 Å². The van der Waals surface area contributed by atoms with Crippen molar-refractivity contribution in [1.29, 1.82) is 0 Å². The molecule has 0 aliphatic rings. The van der Waals surface area contributed by atoms with Crippen LogP contribution in [0.2, 0.25) is 0 Å². The lowest BCUT2D eigenvalue weighted by atomic mass is 10.3. The molecule has 52 valence electrons. The molecule has 1 N–H and O–H groups in total. The Balaban J connectivity index is 3.92. The largest absolute Gasteiger partial charge is 0.477 e. The second kappa shape index (κ2) is 4.33. The van der Waals surface area contributed by atoms with E-state index in [0.717, 1.165) is 0 Å². The van der Waals surface area contributed by atoms with Gasteiger partial charge in [-0.1, -0.05) is 18.0 Å². The van der Waals surface area contributed by atoms with Crippen LogP contribution in [0.25, 0.3) is 4.85 Å². The third-order valence-electron chi connectivity index (χ3n) is 0.693. The fraction of sp³-hybridized carbons (Fsp3) is 0.143. The van der Waals surface area contributed by atoms with Crippen molar-refractivity contribution in [1.82, 2.24) is 0 Å². The summed E-state index contributed by atoms with van der Waals surface area (Å²) >= 11 is 0. The highest BCUT2D eigenvalue weighted by molar-refractivity contribution is 5.90. The van der Waals surface area contributed by atoms with E-state index in [4.69, 9.17) is 5.11 Å². The monoisotopic (exact) mass is 138 g/mol. The van der Waals surface area contributed by atoms with Crippen LogP contribution in [0, 0.1) is 6.07 Å². The van der Waals surface area contributed by atoms with E-state index in [1.54, 1.807) is 6.08 Å². The Morgan fingerprint density at radius 1 is 1.80 bits per heavy atom. The predicted molar refractivity (Wildman–Crippen MR) is 39.1 cm³/mol. The first-order valence-electron chi connectivity index (χ1n) is 2.64. The number of carbonyl (C=O) groups is 1. The lowest BCUT2D eigenvalue weighted by Crippen LogP contribution is -1.94. The molecular weight excluding hydrogens is 130 g/mol. The number of carboxylic acid groups (broad SMARTS) is 1. The summed E-state index contributed by atoms with van der Waals surface area (Å²) in [6.07, 6.45) is 1.54. The quantitative estimate of drug-likeness (QED) is 0.353. The van der Waals surface area contributed by atoms with Gasteiger partial charge in [-0.15, -0.1) is 0 Å². The van der Waals surface area contributed by atoms with Gasteiger partial charge >= 0.3 is 12.0 Å². The van der Waals surface area contributed by atoms with E-state index >= 15 is 0 Å². The maximum atomic E-state index is 10.0. The zero-order valence-corrected chi connectivity index (χ0v) is 5.50. The molecule has 3 nitrogen and oxygen atoms in total. The molecule has 0 aromatic rings. The summed E-state index contributed by atoms with van der Waals surface area (Å²) in [7, 11) is 0. The Morgan fingerprint density at radius 3 is 2.80 bits per heavy atom. The summed E-state index contributed by atoms with van der Waals surface area (Å²) in [5, 5.41) is 8.23. The zero-order chi connectivity index (χ0) is 7.98. The normalized spacial score (nSPS) is 7.20. The fourth-order valence-corrected chi connectivity index (χ4v) is 0.253. The SMILES string of the molecule is C=CC[N+]#CC(=C)C(=O)O. The van der Waals surface area contributed by atoms with Gasteiger partial charge in [0.25, 0.3) is 6.54 Å². The molecule has 10 heavy (non-hydrogen) atoms. The first kappa shape index (κ1) is 8.44. The Labute approximate surface area is 59.1 Å². The van der Waals surface area contributed by atoms with Crippen LogP contribution in [0.4, 0.5) is 0 Å². The molecule has 0 saturated carbocycles. The van der Waals surface area contributed by atoms with Crippen molar-refractivity contribution in [3.05, 3.63) is 29.7 Å². The maximum absolute atomic E-state index is 10.0. The zero-order valence-electron chi connectivity index (χ0n) is 5.50. The van der Waals surface area contributed by atoms with E-state index < -0.39 is 5.97 Å². The molecule has 0 heterocycles. The molecule has 0 spiro atoms. The number of hydrogen-bond acceptors (Lipinski definition) is 1. The maximum Gasteiger partial charge on any atom is 0.350 e. The smallest absolute Gasteiger partial charge is 0.350 e. The number of rotatable bonds is 2. The number of nitrogens with zero attached hydrogens (tertiary/aromatic N) is 1. The van der Waals surface area contributed by atoms with Gasteiger partial charge in [0.15, 0.2) is 5.57 Å². The van der Waals surface area contributed by atoms with E-state index in [1.807, 2.05) is 0 Å². The summed E-state index contributed by atoms with van der Waals surface area (Å²) in [5.41, 5.74) is -0.137. The predicted octanol–water partition coefficient (Wildman–Crippen LogP) is 1.15. The van der Waals surface area contributed by atoms with Crippen LogP contribution in [-0.2, 0) is 4.79 Å². The molecule has 0 fully saturated rings. The van der Waals surface area contributed by atoms with Crippen LogP contribution < -0.4 is 0 Å². The third-order valence-corrected chi connectivity index (χ3v) is 0.693. The van der Waals surface area contributed by atoms with Gasteiger partial charge in [-0.3, -0.25) is 0 Å². The van der Waals surface area contributed by atoms with Crippen LogP contribution in [0.1, 0.15) is 0 Å². The van der Waals surface area contributed by atoms with Gasteiger partial charge in [0, 0.05) is 0 Å². The number of aliphatic carboxylic acids is 1. The molecule has 3 heteroatoms. The van der Waals surface area contributed by atoms with Gasteiger partial charge in [0.2, 0.25) is 0 Å². The Hall–Kier alpha value is -1.56. The van der Waals surface area contributed by atoms with Crippen molar-refractivity contribution in [2.24, 2.45) is 0 Å². The number of carboxylic acids is 1. The number of hydrogen-bond donors (Lipinski definition) is 1. The van der Waals surface area contributed by atoms with Crippen LogP contribution in [0.5, 0.6) is 0 Å². The molecule has 0 atom stereocenters. The van der Waals surface area contributed by atoms with Gasteiger partial charge < -0.3 is 5.11 Å². The molecule has 0 aliphatic carbocycles. The van der Waals surface area contributed by atoms with Crippen molar-refractivity contribution < 1.29 is 9.90 Å². The molecule has 0 aliphatic heterocycles. The van der Waals surface area contributed by atoms with E-state index in [0.29, 0.717) is 6.54 Å². The van der Waals surface area contributed by atoms with E-state index in [-0.39, 0.29) is 5.57 Å². The first-order chi connectivity index (χ1) is 4.68. The standard InChI is InChI=1S/C7H7NO2/c1-3-4-8-5-6(2)7(9)10/h3H,1-2,4H2/p+1. The molecule has 0 amide bonds. The summed E-state index contributed by atoms with van der Waals surface area (Å²) < 4.78 is 0. The Bertz CT molecular complexity index is 219. The van der Waals surface area contributed by atoms with Gasteiger partial charge in [-0.05, 0) is 6.08 Å². The van der Waals surface area contributed by atoms with Crippen LogP contribution in [0.3, 0.4) is 0 Å². The van der Waals surface area contributed by atoms with Crippen molar-refractivity contribution >= 4 is 5.97 Å². The second-order valence-electron chi connectivity index (χ2n) is 1.52. The average molecular weight is 138 g/mol.